The molecule has 0 aliphatic rings. The van der Waals surface area contributed by atoms with Crippen molar-refractivity contribution < 1.29 is 4.42 Å². The third kappa shape index (κ3) is 4.27. The van der Waals surface area contributed by atoms with Crippen molar-refractivity contribution in [3.63, 3.8) is 0 Å². The van der Waals surface area contributed by atoms with Gasteiger partial charge in [-0.1, -0.05) is 121 Å². The van der Waals surface area contributed by atoms with Gasteiger partial charge < -0.3 is 9.32 Å². The summed E-state index contributed by atoms with van der Waals surface area (Å²) in [5, 5.41) is 10.3. The molecule has 0 spiro atoms. The van der Waals surface area contributed by atoms with Gasteiger partial charge in [0.1, 0.15) is 11.2 Å². The first-order chi connectivity index (χ1) is 25.2. The van der Waals surface area contributed by atoms with Gasteiger partial charge in [0.15, 0.2) is 0 Å². The lowest BCUT2D eigenvalue weighted by atomic mass is 9.97. The van der Waals surface area contributed by atoms with Crippen LogP contribution in [0.1, 0.15) is 0 Å². The van der Waals surface area contributed by atoms with Crippen LogP contribution in [0.5, 0.6) is 0 Å². The van der Waals surface area contributed by atoms with E-state index in [1.807, 2.05) is 17.4 Å². The van der Waals surface area contributed by atoms with E-state index < -0.39 is 8.40 Å². The lowest BCUT2D eigenvalue weighted by Crippen LogP contribution is -2.10. The molecule has 0 fully saturated rings. The Hall–Kier alpha value is -5.94. The van der Waals surface area contributed by atoms with Gasteiger partial charge in [-0.05, 0) is 75.1 Å². The molecule has 0 radical (unpaired) electrons. The molecule has 3 heterocycles. The molecule has 11 rings (SSSR count). The summed E-state index contributed by atoms with van der Waals surface area (Å²) >= 11 is 1.94. The van der Waals surface area contributed by atoms with E-state index in [2.05, 4.69) is 169 Å². The lowest BCUT2D eigenvalue weighted by Gasteiger charge is -2.28. The normalized spacial score (nSPS) is 12.0. The second-order valence-corrected chi connectivity index (χ2v) is 16.9. The number of thiophene rings is 1. The van der Waals surface area contributed by atoms with Gasteiger partial charge in [-0.2, -0.15) is 16.5 Å². The first-order valence-electron chi connectivity index (χ1n) is 17.4. The number of benzene rings is 8. The minimum atomic E-state index is -0.995. The molecule has 0 atom stereocenters. The first kappa shape index (κ1) is 28.9. The molecular formula is C47H30NOSSi-. The second kappa shape index (κ2) is 11.0. The first-order valence-corrected chi connectivity index (χ1v) is 20.2. The third-order valence-corrected chi connectivity index (χ3v) is 14.4. The second-order valence-electron chi connectivity index (χ2n) is 13.5. The standard InChI is InChI=1S/C47H30NOSSi/c1-51-43-26-25-36-35-16-5-7-22-42(35)50-47(36)46(43)38-24-23-32(28-44(38)51)48(39-19-10-21-41-45(39)37-17-4-6-20-40(37)49-41)31-14-8-13-30(27-31)34-18-9-12-29-11-2-3-15-33(29)34/h2-28H,1H3/q-1. The van der Waals surface area contributed by atoms with Crippen LogP contribution < -0.4 is 4.90 Å². The fourth-order valence-corrected chi connectivity index (χ4v) is 12.0. The van der Waals surface area contributed by atoms with E-state index >= 15 is 0 Å². The van der Waals surface area contributed by atoms with E-state index in [-0.39, 0.29) is 0 Å². The lowest BCUT2D eigenvalue weighted by molar-refractivity contribution is 0.669. The highest BCUT2D eigenvalue weighted by atomic mass is 32.1. The minimum Gasteiger partial charge on any atom is -0.456 e. The third-order valence-electron chi connectivity index (χ3n) is 10.7. The Balaban J connectivity index is 1.18. The maximum Gasteiger partial charge on any atom is 0.137 e. The van der Waals surface area contributed by atoms with Crippen LogP contribution in [0.2, 0.25) is 0 Å². The topological polar surface area (TPSA) is 16.4 Å². The summed E-state index contributed by atoms with van der Waals surface area (Å²) in [6.07, 6.45) is 0. The Kier molecular flexibility index (Phi) is 6.24. The van der Waals surface area contributed by atoms with Crippen LogP contribution in [-0.2, 0) is 6.55 Å². The molecule has 0 saturated carbocycles. The molecule has 0 saturated heterocycles. The molecule has 2 nitrogen and oxygen atoms in total. The number of para-hydroxylation sites is 1. The number of hydrogen-bond donors (Lipinski definition) is 0. The number of nitrogens with zero attached hydrogens (tertiary/aromatic N) is 1. The number of rotatable bonds is 4. The summed E-state index contributed by atoms with van der Waals surface area (Å²) in [4.78, 5) is 5.43. The molecule has 11 aromatic rings. The number of aryl methyl sites for hydroxylation is 1. The molecule has 8 aromatic carbocycles. The average Bonchev–Trinajstić information content (AvgIpc) is 3.84. The van der Waals surface area contributed by atoms with E-state index in [1.54, 1.807) is 0 Å². The van der Waals surface area contributed by atoms with Crippen molar-refractivity contribution in [2.45, 2.75) is 0 Å². The van der Waals surface area contributed by atoms with Crippen molar-refractivity contribution in [1.29, 1.82) is 0 Å². The zero-order chi connectivity index (χ0) is 33.6. The monoisotopic (exact) mass is 684 g/mol. The Labute approximate surface area is 299 Å². The molecular weight excluding hydrogens is 655 g/mol. The molecule has 0 aliphatic heterocycles. The molecule has 51 heavy (non-hydrogen) atoms. The van der Waals surface area contributed by atoms with Crippen molar-refractivity contribution in [2.75, 3.05) is 4.90 Å². The fourth-order valence-electron chi connectivity index (χ4n) is 8.37. The van der Waals surface area contributed by atoms with Gasteiger partial charge in [0, 0.05) is 36.9 Å². The van der Waals surface area contributed by atoms with E-state index in [4.69, 9.17) is 4.42 Å². The quantitative estimate of drug-likeness (QED) is 0.172. The summed E-state index contributed by atoms with van der Waals surface area (Å²) < 4.78 is 9.21. The van der Waals surface area contributed by atoms with Gasteiger partial charge >= 0.3 is 0 Å². The van der Waals surface area contributed by atoms with E-state index in [9.17, 15) is 0 Å². The summed E-state index contributed by atoms with van der Waals surface area (Å²) in [6.45, 7) is 2.47. The Bertz CT molecular complexity index is 3180. The molecule has 4 heteroatoms. The summed E-state index contributed by atoms with van der Waals surface area (Å²) in [7, 11) is -0.995. The van der Waals surface area contributed by atoms with Crippen molar-refractivity contribution in [3.8, 4) is 11.1 Å². The number of anilines is 3. The van der Waals surface area contributed by atoms with Crippen molar-refractivity contribution in [2.24, 2.45) is 6.55 Å². The Morgan fingerprint density at radius 1 is 0.510 bits per heavy atom. The van der Waals surface area contributed by atoms with Crippen LogP contribution in [-0.4, -0.2) is 8.40 Å². The predicted octanol–water partition coefficient (Wildman–Crippen LogP) is 13.8. The van der Waals surface area contributed by atoms with Crippen molar-refractivity contribution >= 4 is 110 Å². The largest absolute Gasteiger partial charge is 0.456 e. The van der Waals surface area contributed by atoms with Crippen LogP contribution in [0.3, 0.4) is 0 Å². The van der Waals surface area contributed by atoms with Crippen molar-refractivity contribution in [1.82, 2.24) is 0 Å². The molecule has 0 aliphatic carbocycles. The minimum absolute atomic E-state index is 0.893. The fraction of sp³-hybridized carbons (Fsp3) is 0.0213. The zero-order valence-electron chi connectivity index (χ0n) is 27.9. The maximum absolute atomic E-state index is 6.43. The van der Waals surface area contributed by atoms with E-state index in [0.29, 0.717) is 0 Å². The van der Waals surface area contributed by atoms with Crippen LogP contribution in [0.4, 0.5) is 17.1 Å². The number of hydrogen-bond acceptors (Lipinski definition) is 3. The van der Waals surface area contributed by atoms with Gasteiger partial charge in [-0.25, -0.2) is 0 Å². The molecule has 0 bridgehead atoms. The molecule has 3 aromatic heterocycles. The van der Waals surface area contributed by atoms with Crippen LogP contribution in [0, 0.1) is 0 Å². The van der Waals surface area contributed by atoms with Gasteiger partial charge in [-0.15, -0.1) is 11.3 Å². The highest BCUT2D eigenvalue weighted by Crippen LogP contribution is 2.47. The van der Waals surface area contributed by atoms with Gasteiger partial charge in [0.05, 0.1) is 11.1 Å². The summed E-state index contributed by atoms with van der Waals surface area (Å²) in [6, 6.07) is 60.0. The summed E-state index contributed by atoms with van der Waals surface area (Å²) in [5.41, 5.74) is 7.61. The van der Waals surface area contributed by atoms with E-state index in [1.165, 1.54) is 62.8 Å². The molecule has 0 N–H and O–H groups in total. The Morgan fingerprint density at radius 3 is 2.18 bits per heavy atom. The van der Waals surface area contributed by atoms with Gasteiger partial charge in [0.2, 0.25) is 0 Å². The molecule has 240 valence electrons. The highest BCUT2D eigenvalue weighted by molar-refractivity contribution is 7.27. The van der Waals surface area contributed by atoms with Crippen LogP contribution in [0.15, 0.2) is 168 Å². The molecule has 0 amide bonds. The zero-order valence-corrected chi connectivity index (χ0v) is 29.7. The smallest absolute Gasteiger partial charge is 0.137 e. The average molecular weight is 685 g/mol. The van der Waals surface area contributed by atoms with Crippen LogP contribution in [0.25, 0.3) is 84.8 Å². The molecule has 0 unspecified atom stereocenters. The van der Waals surface area contributed by atoms with Gasteiger partial charge in [0.25, 0.3) is 0 Å². The SMILES string of the molecule is C[si-]1c2cc(N(c3cccc(-c4cccc5ccccc45)c3)c3cccc4oc5ccccc5c34)ccc2c2c3sc4ccccc4c3ccc21. The number of furan rings is 1. The predicted molar refractivity (Wildman–Crippen MR) is 222 cm³/mol. The highest BCUT2D eigenvalue weighted by Gasteiger charge is 2.21. The maximum atomic E-state index is 6.43. The van der Waals surface area contributed by atoms with Crippen molar-refractivity contribution in [3.05, 3.63) is 164 Å². The number of fused-ring (bicyclic) bond motifs is 11. The van der Waals surface area contributed by atoms with Gasteiger partial charge in [-0.3, -0.25) is 8.40 Å². The Morgan fingerprint density at radius 2 is 1.24 bits per heavy atom. The summed E-state index contributed by atoms with van der Waals surface area (Å²) in [5.74, 6) is 0. The van der Waals surface area contributed by atoms with E-state index in [0.717, 1.165) is 39.0 Å². The van der Waals surface area contributed by atoms with Crippen LogP contribution >= 0.6 is 11.3 Å².